The summed E-state index contributed by atoms with van der Waals surface area (Å²) < 4.78 is 18.9. The van der Waals surface area contributed by atoms with Crippen LogP contribution >= 0.6 is 0 Å². The average Bonchev–Trinajstić information content (AvgIpc) is 2.83. The second-order valence-corrected chi connectivity index (χ2v) is 8.91. The Morgan fingerprint density at radius 1 is 1.19 bits per heavy atom. The number of ether oxygens (including phenoxy) is 1. The zero-order valence-electron chi connectivity index (χ0n) is 21.8. The topological polar surface area (TPSA) is 177 Å². The number of nitrogens with one attached hydrogen (secondary N) is 2. The second kappa shape index (κ2) is 15.5. The van der Waals surface area contributed by atoms with Crippen molar-refractivity contribution >= 4 is 23.7 Å². The largest absolute Gasteiger partial charge is 0.427 e. The van der Waals surface area contributed by atoms with Crippen LogP contribution in [0.15, 0.2) is 15.8 Å². The first kappa shape index (κ1) is 31.5. The zero-order chi connectivity index (χ0) is 28.1. The quantitative estimate of drug-likeness (QED) is 0.128. The molecule has 0 bridgehead atoms. The van der Waals surface area contributed by atoms with Gasteiger partial charge in [0, 0.05) is 26.4 Å². The third kappa shape index (κ3) is 10.9. The van der Waals surface area contributed by atoms with Gasteiger partial charge in [-0.25, -0.2) is 15.4 Å². The fraction of sp³-hybridized carbons (Fsp3) is 0.652. The summed E-state index contributed by atoms with van der Waals surface area (Å²) >= 11 is 0. The van der Waals surface area contributed by atoms with Crippen molar-refractivity contribution in [2.45, 2.75) is 84.5 Å². The summed E-state index contributed by atoms with van der Waals surface area (Å²) in [6.07, 6.45) is 4.41. The Labute approximate surface area is 214 Å². The number of aromatic amines is 1. The number of ketones is 1. The van der Waals surface area contributed by atoms with Crippen LogP contribution in [0.3, 0.4) is 0 Å². The number of likely N-dealkylation sites (N-methyl/N-ethyl adjacent to an activating group) is 1. The van der Waals surface area contributed by atoms with Crippen molar-refractivity contribution in [2.75, 3.05) is 13.6 Å². The molecule has 2 atom stereocenters. The second-order valence-electron chi connectivity index (χ2n) is 8.91. The van der Waals surface area contributed by atoms with E-state index < -0.39 is 47.9 Å². The van der Waals surface area contributed by atoms with E-state index in [4.69, 9.17) is 10.6 Å². The van der Waals surface area contributed by atoms with Crippen molar-refractivity contribution in [3.05, 3.63) is 32.9 Å². The summed E-state index contributed by atoms with van der Waals surface area (Å²) in [4.78, 5) is 74.7. The van der Waals surface area contributed by atoms with Gasteiger partial charge < -0.3 is 15.0 Å². The lowest BCUT2D eigenvalue weighted by Crippen LogP contribution is -2.57. The lowest BCUT2D eigenvalue weighted by atomic mass is 10.1. The van der Waals surface area contributed by atoms with Gasteiger partial charge in [0.15, 0.2) is 6.73 Å². The van der Waals surface area contributed by atoms with Crippen molar-refractivity contribution in [1.29, 1.82) is 0 Å². The molecule has 0 aliphatic rings. The molecule has 4 N–H and O–H groups in total. The predicted octanol–water partition coefficient (Wildman–Crippen LogP) is 0.617. The average molecular weight is 529 g/mol. The Kier molecular flexibility index (Phi) is 13.2. The Morgan fingerprint density at radius 2 is 1.84 bits per heavy atom. The molecule has 0 unspecified atom stereocenters. The standard InChI is InChI=1S/C23H37FN6O7/c1-5-6-7-8-9-10-19(32)26-18(11-16(3)31)21(34)30(25)15(2)12-28(4)23(36)37-14-29-13-17(24)20(33)27-22(29)35/h13,15,18H,5-12,14,25H2,1-4H3,(H,26,32)(H,27,33,35)/t15-,18-/m1/s1. The van der Waals surface area contributed by atoms with E-state index in [-0.39, 0.29) is 31.1 Å². The fourth-order valence-corrected chi connectivity index (χ4v) is 3.41. The minimum Gasteiger partial charge on any atom is -0.427 e. The number of hydrogen-bond donors (Lipinski definition) is 3. The third-order valence-electron chi connectivity index (χ3n) is 5.51. The molecule has 0 radical (unpaired) electrons. The number of nitrogens with two attached hydrogens (primary N) is 1. The first-order valence-electron chi connectivity index (χ1n) is 12.1. The molecular weight excluding hydrogens is 491 g/mol. The van der Waals surface area contributed by atoms with Crippen LogP contribution in [0.25, 0.3) is 0 Å². The van der Waals surface area contributed by atoms with Crippen LogP contribution in [-0.4, -0.2) is 68.8 Å². The highest BCUT2D eigenvalue weighted by Crippen LogP contribution is 2.08. The highest BCUT2D eigenvalue weighted by atomic mass is 19.1. The van der Waals surface area contributed by atoms with Crippen LogP contribution in [0.2, 0.25) is 0 Å². The monoisotopic (exact) mass is 528 g/mol. The summed E-state index contributed by atoms with van der Waals surface area (Å²) in [5.41, 5.74) is -2.16. The smallest absolute Gasteiger partial charge is 0.411 e. The van der Waals surface area contributed by atoms with Gasteiger partial charge in [-0.15, -0.1) is 0 Å². The van der Waals surface area contributed by atoms with Gasteiger partial charge in [-0.3, -0.25) is 33.7 Å². The highest BCUT2D eigenvalue weighted by Gasteiger charge is 2.29. The van der Waals surface area contributed by atoms with Gasteiger partial charge in [0.25, 0.3) is 11.5 Å². The molecule has 37 heavy (non-hydrogen) atoms. The maximum absolute atomic E-state index is 13.4. The molecule has 0 aromatic carbocycles. The van der Waals surface area contributed by atoms with Gasteiger partial charge >= 0.3 is 11.8 Å². The van der Waals surface area contributed by atoms with E-state index in [2.05, 4.69) is 12.2 Å². The van der Waals surface area contributed by atoms with Crippen LogP contribution in [0, 0.1) is 5.82 Å². The van der Waals surface area contributed by atoms with Crippen LogP contribution in [0.5, 0.6) is 0 Å². The zero-order valence-corrected chi connectivity index (χ0v) is 21.8. The predicted molar refractivity (Wildman–Crippen MR) is 131 cm³/mol. The SMILES string of the molecule is CCCCCCCC(=O)N[C@H](CC(C)=O)C(=O)N(N)[C@H](C)CN(C)C(=O)OCn1cc(F)c(=O)[nH]c1=O. The molecule has 1 aromatic heterocycles. The normalized spacial score (nSPS) is 12.4. The molecule has 3 amide bonds. The van der Waals surface area contributed by atoms with E-state index in [9.17, 15) is 33.2 Å². The van der Waals surface area contributed by atoms with Crippen LogP contribution in [0.1, 0.15) is 65.7 Å². The summed E-state index contributed by atoms with van der Waals surface area (Å²) in [6, 6.07) is -1.90. The molecule has 13 nitrogen and oxygen atoms in total. The van der Waals surface area contributed by atoms with Crippen molar-refractivity contribution in [1.82, 2.24) is 24.8 Å². The van der Waals surface area contributed by atoms with Gasteiger partial charge in [0.2, 0.25) is 11.7 Å². The number of carbonyl (C=O) groups is 4. The molecule has 208 valence electrons. The molecule has 1 aromatic rings. The number of amides is 3. The summed E-state index contributed by atoms with van der Waals surface area (Å²) in [6.45, 7) is 4.16. The lowest BCUT2D eigenvalue weighted by molar-refractivity contribution is -0.140. The Hall–Kier alpha value is -3.55. The molecular formula is C23H37FN6O7. The molecule has 1 rings (SSSR count). The highest BCUT2D eigenvalue weighted by molar-refractivity contribution is 5.91. The first-order valence-corrected chi connectivity index (χ1v) is 12.1. The fourth-order valence-electron chi connectivity index (χ4n) is 3.41. The molecule has 0 fully saturated rings. The van der Waals surface area contributed by atoms with E-state index in [1.165, 1.54) is 14.0 Å². The number of hydrazine groups is 1. The van der Waals surface area contributed by atoms with E-state index >= 15 is 0 Å². The number of rotatable bonds is 15. The number of nitrogens with zero attached hydrogens (tertiary/aromatic N) is 3. The Bertz CT molecular complexity index is 1060. The molecule has 0 aliphatic carbocycles. The molecule has 0 aliphatic heterocycles. The molecule has 1 heterocycles. The molecule has 0 saturated heterocycles. The minimum atomic E-state index is -1.22. The van der Waals surface area contributed by atoms with Gasteiger partial charge in [-0.1, -0.05) is 32.6 Å². The summed E-state index contributed by atoms with van der Waals surface area (Å²) in [7, 11) is 1.35. The van der Waals surface area contributed by atoms with Crippen molar-refractivity contribution < 1.29 is 28.3 Å². The number of halogens is 1. The van der Waals surface area contributed by atoms with Crippen LogP contribution in [0.4, 0.5) is 9.18 Å². The van der Waals surface area contributed by atoms with Gasteiger partial charge in [-0.05, 0) is 20.3 Å². The minimum absolute atomic E-state index is 0.103. The van der Waals surface area contributed by atoms with Crippen molar-refractivity contribution in [3.8, 4) is 0 Å². The van der Waals surface area contributed by atoms with Gasteiger partial charge in [0.05, 0.1) is 12.2 Å². The van der Waals surface area contributed by atoms with Gasteiger partial charge in [0.1, 0.15) is 11.8 Å². The molecule has 0 saturated carbocycles. The number of aromatic nitrogens is 2. The summed E-state index contributed by atoms with van der Waals surface area (Å²) in [5.74, 6) is 3.37. The Morgan fingerprint density at radius 3 is 2.46 bits per heavy atom. The molecule has 0 spiro atoms. The summed E-state index contributed by atoms with van der Waals surface area (Å²) in [5, 5.41) is 3.41. The Balaban J connectivity index is 2.68. The van der Waals surface area contributed by atoms with E-state index in [0.29, 0.717) is 17.2 Å². The number of hydrogen-bond acceptors (Lipinski definition) is 8. The number of carbonyl (C=O) groups excluding carboxylic acids is 4. The van der Waals surface area contributed by atoms with E-state index in [1.54, 1.807) is 11.9 Å². The number of unbranched alkanes of at least 4 members (excludes halogenated alkanes) is 4. The first-order chi connectivity index (χ1) is 17.4. The van der Waals surface area contributed by atoms with Crippen molar-refractivity contribution in [2.24, 2.45) is 5.84 Å². The maximum atomic E-state index is 13.4. The van der Waals surface area contributed by atoms with Crippen molar-refractivity contribution in [3.63, 3.8) is 0 Å². The number of Topliss-reactive ketones (excluding diaryl/α,β-unsaturated/α-hetero) is 1. The van der Waals surface area contributed by atoms with E-state index in [0.717, 1.165) is 35.6 Å². The van der Waals surface area contributed by atoms with E-state index in [1.807, 2.05) is 0 Å². The third-order valence-corrected chi connectivity index (χ3v) is 5.51. The number of H-pyrrole nitrogens is 1. The molecule has 14 heteroatoms. The van der Waals surface area contributed by atoms with Crippen LogP contribution in [-0.2, 0) is 25.9 Å². The van der Waals surface area contributed by atoms with Crippen LogP contribution < -0.4 is 22.4 Å². The lowest BCUT2D eigenvalue weighted by Gasteiger charge is -2.30. The van der Waals surface area contributed by atoms with Gasteiger partial charge in [-0.2, -0.15) is 4.39 Å². The maximum Gasteiger partial charge on any atom is 0.411 e.